The molecule has 0 radical (unpaired) electrons. The maximum absolute atomic E-state index is 13.9. The van der Waals surface area contributed by atoms with Crippen molar-refractivity contribution in [2.24, 2.45) is 11.8 Å². The van der Waals surface area contributed by atoms with Crippen molar-refractivity contribution in [3.63, 3.8) is 0 Å². The van der Waals surface area contributed by atoms with Crippen molar-refractivity contribution in [2.45, 2.75) is 19.0 Å². The summed E-state index contributed by atoms with van der Waals surface area (Å²) in [7, 11) is 0. The van der Waals surface area contributed by atoms with Crippen LogP contribution in [0, 0.1) is 24.6 Å². The first-order valence-electron chi connectivity index (χ1n) is 10.5. The van der Waals surface area contributed by atoms with E-state index in [-0.39, 0.29) is 17.9 Å². The molecule has 2 aromatic heterocycles. The fraction of sp³-hybridized carbons (Fsp3) is 0.455. The minimum absolute atomic E-state index is 0.0672. The van der Waals surface area contributed by atoms with Crippen molar-refractivity contribution in [1.29, 1.82) is 0 Å². The lowest BCUT2D eigenvalue weighted by Crippen LogP contribution is -2.48. The van der Waals surface area contributed by atoms with E-state index in [1.54, 1.807) is 6.33 Å². The van der Waals surface area contributed by atoms with E-state index in [0.717, 1.165) is 54.4 Å². The third-order valence-corrected chi connectivity index (χ3v) is 6.70. The van der Waals surface area contributed by atoms with E-state index in [9.17, 15) is 4.39 Å². The van der Waals surface area contributed by atoms with Crippen molar-refractivity contribution >= 4 is 16.9 Å². The van der Waals surface area contributed by atoms with Crippen LogP contribution in [0.1, 0.15) is 17.3 Å². The van der Waals surface area contributed by atoms with E-state index >= 15 is 0 Å². The van der Waals surface area contributed by atoms with Crippen molar-refractivity contribution in [1.82, 2.24) is 19.9 Å². The summed E-state index contributed by atoms with van der Waals surface area (Å²) in [6.07, 6.45) is 1.57. The Labute approximate surface area is 173 Å². The maximum atomic E-state index is 13.9. The molecule has 0 saturated carbocycles. The summed E-state index contributed by atoms with van der Waals surface area (Å²) >= 11 is 0. The molecular formula is C22H24FN5O2. The Kier molecular flexibility index (Phi) is 4.17. The zero-order valence-corrected chi connectivity index (χ0v) is 16.8. The predicted octanol–water partition coefficient (Wildman–Crippen LogP) is 2.90. The van der Waals surface area contributed by atoms with Gasteiger partial charge < -0.3 is 19.8 Å². The van der Waals surface area contributed by atoms with Gasteiger partial charge in [-0.3, -0.25) is 4.90 Å². The lowest BCUT2D eigenvalue weighted by Gasteiger charge is -2.40. The molecule has 2 saturated heterocycles. The molecule has 0 aliphatic carbocycles. The summed E-state index contributed by atoms with van der Waals surface area (Å²) in [4.78, 5) is 14.6. The first-order valence-corrected chi connectivity index (χ1v) is 10.5. The highest BCUT2D eigenvalue weighted by Gasteiger charge is 2.44. The van der Waals surface area contributed by atoms with Crippen LogP contribution in [0.5, 0.6) is 5.75 Å². The molecule has 1 aromatic carbocycles. The summed E-state index contributed by atoms with van der Waals surface area (Å²) in [5.74, 6) is 2.25. The number of benzene rings is 1. The van der Waals surface area contributed by atoms with Gasteiger partial charge in [0, 0.05) is 42.2 Å². The van der Waals surface area contributed by atoms with Gasteiger partial charge in [0.2, 0.25) is 0 Å². The molecule has 7 nitrogen and oxygen atoms in total. The number of halogens is 1. The molecule has 3 aliphatic heterocycles. The van der Waals surface area contributed by atoms with Crippen LogP contribution in [0.15, 0.2) is 30.6 Å². The number of nitrogens with zero attached hydrogens (tertiary/aromatic N) is 3. The number of hydrogen-bond donors (Lipinski definition) is 2. The Morgan fingerprint density at radius 1 is 1.13 bits per heavy atom. The van der Waals surface area contributed by atoms with E-state index < -0.39 is 0 Å². The molecule has 0 unspecified atom stereocenters. The third-order valence-electron chi connectivity index (χ3n) is 6.70. The molecular weight excluding hydrogens is 385 g/mol. The first-order chi connectivity index (χ1) is 14.7. The number of ether oxygens (including phenoxy) is 2. The standard InChI is InChI=1S/C22H24FN5O2/c1-12-4-17-21(26-12)24-11-25-22(17)27-20-16-3-2-15(23)5-19(16)30-10-18(20)28-6-13-8-29-9-14(13)7-28/h2-5,11,13-14,18,20H,6-10H2,1H3,(H2,24,25,26,27)/t13-,14-,18-,20-/m0/s1. The van der Waals surface area contributed by atoms with Crippen LogP contribution in [0.25, 0.3) is 11.0 Å². The zero-order chi connectivity index (χ0) is 20.2. The van der Waals surface area contributed by atoms with Gasteiger partial charge in [0.15, 0.2) is 0 Å². The Balaban J connectivity index is 1.38. The van der Waals surface area contributed by atoms with Crippen molar-refractivity contribution in [3.8, 4) is 5.75 Å². The normalized spacial score (nSPS) is 28.3. The molecule has 3 aliphatic rings. The van der Waals surface area contributed by atoms with E-state index in [4.69, 9.17) is 9.47 Å². The number of fused-ring (bicyclic) bond motifs is 3. The van der Waals surface area contributed by atoms with Gasteiger partial charge >= 0.3 is 0 Å². The molecule has 0 amide bonds. The van der Waals surface area contributed by atoms with E-state index in [1.165, 1.54) is 12.1 Å². The summed E-state index contributed by atoms with van der Waals surface area (Å²) < 4.78 is 25.5. The van der Waals surface area contributed by atoms with Crippen molar-refractivity contribution in [3.05, 3.63) is 47.7 Å². The number of likely N-dealkylation sites (tertiary alicyclic amines) is 1. The van der Waals surface area contributed by atoms with Crippen molar-refractivity contribution < 1.29 is 13.9 Å². The molecule has 2 fully saturated rings. The minimum Gasteiger partial charge on any atom is -0.491 e. The lowest BCUT2D eigenvalue weighted by atomic mass is 9.94. The molecule has 8 heteroatoms. The SMILES string of the molecule is Cc1cc2c(N[C@H]3c4ccc(F)cc4OC[C@@H]3N3C[C@H]4COC[C@@H]4C3)ncnc2[nH]1. The Bertz CT molecular complexity index is 1090. The van der Waals surface area contributed by atoms with E-state index in [0.29, 0.717) is 24.2 Å². The highest BCUT2D eigenvalue weighted by atomic mass is 19.1. The number of H-pyrrole nitrogens is 1. The lowest BCUT2D eigenvalue weighted by molar-refractivity contribution is 0.0950. The fourth-order valence-corrected chi connectivity index (χ4v) is 5.19. The van der Waals surface area contributed by atoms with Gasteiger partial charge in [-0.15, -0.1) is 0 Å². The first kappa shape index (κ1) is 18.1. The van der Waals surface area contributed by atoms with Gasteiger partial charge in [0.05, 0.1) is 30.7 Å². The average Bonchev–Trinajstić information content (AvgIpc) is 3.42. The molecule has 4 atom stereocenters. The number of anilines is 1. The number of aromatic nitrogens is 3. The highest BCUT2D eigenvalue weighted by Crippen LogP contribution is 2.40. The number of aromatic amines is 1. The zero-order valence-electron chi connectivity index (χ0n) is 16.8. The van der Waals surface area contributed by atoms with Crippen LogP contribution >= 0.6 is 0 Å². The topological polar surface area (TPSA) is 75.3 Å². The largest absolute Gasteiger partial charge is 0.491 e. The molecule has 6 rings (SSSR count). The second kappa shape index (κ2) is 6.92. The van der Waals surface area contributed by atoms with Gasteiger partial charge in [-0.05, 0) is 19.1 Å². The molecule has 30 heavy (non-hydrogen) atoms. The quantitative estimate of drug-likeness (QED) is 0.693. The monoisotopic (exact) mass is 409 g/mol. The highest BCUT2D eigenvalue weighted by molar-refractivity contribution is 5.87. The number of rotatable bonds is 3. The second-order valence-corrected chi connectivity index (χ2v) is 8.63. The van der Waals surface area contributed by atoms with Gasteiger partial charge in [0.25, 0.3) is 0 Å². The molecule has 0 spiro atoms. The molecule has 3 aromatic rings. The van der Waals surface area contributed by atoms with E-state index in [1.807, 2.05) is 13.0 Å². The fourth-order valence-electron chi connectivity index (χ4n) is 5.19. The molecule has 156 valence electrons. The molecule has 2 N–H and O–H groups in total. The van der Waals surface area contributed by atoms with Gasteiger partial charge in [-0.2, -0.15) is 0 Å². The molecule has 0 bridgehead atoms. The predicted molar refractivity (Wildman–Crippen MR) is 110 cm³/mol. The summed E-state index contributed by atoms with van der Waals surface area (Å²) in [6.45, 7) is 6.18. The number of aryl methyl sites for hydroxylation is 1. The van der Waals surface area contributed by atoms with Crippen LogP contribution in [0.2, 0.25) is 0 Å². The van der Waals surface area contributed by atoms with Gasteiger partial charge in [0.1, 0.15) is 36.0 Å². The van der Waals surface area contributed by atoms with Crippen LogP contribution in [0.4, 0.5) is 10.2 Å². The van der Waals surface area contributed by atoms with Gasteiger partial charge in [-0.1, -0.05) is 6.07 Å². The molecule has 5 heterocycles. The van der Waals surface area contributed by atoms with Crippen LogP contribution < -0.4 is 10.1 Å². The van der Waals surface area contributed by atoms with Crippen LogP contribution in [0.3, 0.4) is 0 Å². The van der Waals surface area contributed by atoms with E-state index in [2.05, 4.69) is 31.2 Å². The van der Waals surface area contributed by atoms with Gasteiger partial charge in [-0.25, -0.2) is 14.4 Å². The summed E-state index contributed by atoms with van der Waals surface area (Å²) in [5.41, 5.74) is 2.80. The Hall–Kier alpha value is -2.71. The minimum atomic E-state index is -0.288. The van der Waals surface area contributed by atoms with Crippen molar-refractivity contribution in [2.75, 3.05) is 38.2 Å². The Morgan fingerprint density at radius 3 is 2.80 bits per heavy atom. The van der Waals surface area contributed by atoms with Crippen LogP contribution in [-0.4, -0.2) is 58.8 Å². The second-order valence-electron chi connectivity index (χ2n) is 8.63. The summed E-state index contributed by atoms with van der Waals surface area (Å²) in [5, 5.41) is 4.61. The van der Waals surface area contributed by atoms with Crippen LogP contribution in [-0.2, 0) is 4.74 Å². The Morgan fingerprint density at radius 2 is 1.97 bits per heavy atom. The third kappa shape index (κ3) is 2.94. The maximum Gasteiger partial charge on any atom is 0.143 e. The number of nitrogens with one attached hydrogen (secondary N) is 2. The summed E-state index contributed by atoms with van der Waals surface area (Å²) in [6, 6.07) is 6.91. The average molecular weight is 409 g/mol. The number of hydrogen-bond acceptors (Lipinski definition) is 6. The smallest absolute Gasteiger partial charge is 0.143 e.